The van der Waals surface area contributed by atoms with E-state index in [2.05, 4.69) is 16.8 Å². The SMILES string of the molecule is COc1cc(C(=N)N)ccc1N1CCN(C)CC1. The van der Waals surface area contributed by atoms with Crippen molar-refractivity contribution in [3.05, 3.63) is 23.8 Å². The van der Waals surface area contributed by atoms with Gasteiger partial charge in [-0.15, -0.1) is 0 Å². The van der Waals surface area contributed by atoms with Crippen molar-refractivity contribution in [1.29, 1.82) is 5.41 Å². The Morgan fingerprint density at radius 3 is 2.50 bits per heavy atom. The topological polar surface area (TPSA) is 65.6 Å². The highest BCUT2D eigenvalue weighted by molar-refractivity contribution is 5.96. The van der Waals surface area contributed by atoms with Crippen LogP contribution in [0.4, 0.5) is 5.69 Å². The zero-order chi connectivity index (χ0) is 13.1. The predicted octanol–water partition coefficient (Wildman–Crippen LogP) is 0.731. The number of benzene rings is 1. The van der Waals surface area contributed by atoms with Crippen molar-refractivity contribution in [1.82, 2.24) is 4.90 Å². The summed E-state index contributed by atoms with van der Waals surface area (Å²) in [7, 11) is 3.78. The number of nitrogen functional groups attached to an aromatic ring is 1. The van der Waals surface area contributed by atoms with Crippen LogP contribution in [-0.2, 0) is 0 Å². The Kier molecular flexibility index (Phi) is 3.72. The fourth-order valence-corrected chi connectivity index (χ4v) is 2.15. The van der Waals surface area contributed by atoms with Gasteiger partial charge in [0.25, 0.3) is 0 Å². The van der Waals surface area contributed by atoms with Gasteiger partial charge in [0.15, 0.2) is 0 Å². The molecule has 0 atom stereocenters. The van der Waals surface area contributed by atoms with E-state index in [1.807, 2.05) is 18.2 Å². The average molecular weight is 248 g/mol. The number of piperazine rings is 1. The lowest BCUT2D eigenvalue weighted by molar-refractivity contribution is 0.311. The first-order valence-electron chi connectivity index (χ1n) is 6.07. The fraction of sp³-hybridized carbons (Fsp3) is 0.462. The van der Waals surface area contributed by atoms with Crippen molar-refractivity contribution < 1.29 is 4.74 Å². The van der Waals surface area contributed by atoms with Gasteiger partial charge >= 0.3 is 0 Å². The molecule has 1 aliphatic heterocycles. The molecular weight excluding hydrogens is 228 g/mol. The lowest BCUT2D eigenvalue weighted by atomic mass is 10.1. The second-order valence-electron chi connectivity index (χ2n) is 4.59. The van der Waals surface area contributed by atoms with Crippen LogP contribution in [0, 0.1) is 5.41 Å². The number of methoxy groups -OCH3 is 1. The number of likely N-dealkylation sites (N-methyl/N-ethyl adjacent to an activating group) is 1. The van der Waals surface area contributed by atoms with Crippen LogP contribution in [0.3, 0.4) is 0 Å². The minimum Gasteiger partial charge on any atom is -0.495 e. The Labute approximate surface area is 108 Å². The largest absolute Gasteiger partial charge is 0.495 e. The van der Waals surface area contributed by atoms with Gasteiger partial charge in [0.1, 0.15) is 11.6 Å². The van der Waals surface area contributed by atoms with E-state index >= 15 is 0 Å². The summed E-state index contributed by atoms with van der Waals surface area (Å²) in [5, 5.41) is 7.45. The van der Waals surface area contributed by atoms with E-state index in [1.54, 1.807) is 7.11 Å². The molecule has 1 fully saturated rings. The molecule has 0 aliphatic carbocycles. The second-order valence-corrected chi connectivity index (χ2v) is 4.59. The Morgan fingerprint density at radius 1 is 1.28 bits per heavy atom. The van der Waals surface area contributed by atoms with E-state index in [1.165, 1.54) is 0 Å². The molecule has 18 heavy (non-hydrogen) atoms. The van der Waals surface area contributed by atoms with E-state index in [9.17, 15) is 0 Å². The van der Waals surface area contributed by atoms with Crippen molar-refractivity contribution in [3.63, 3.8) is 0 Å². The number of anilines is 1. The summed E-state index contributed by atoms with van der Waals surface area (Å²) in [5.41, 5.74) is 7.27. The molecule has 1 aromatic carbocycles. The summed E-state index contributed by atoms with van der Waals surface area (Å²) in [6.45, 7) is 4.09. The van der Waals surface area contributed by atoms with Crippen molar-refractivity contribution >= 4 is 11.5 Å². The van der Waals surface area contributed by atoms with Gasteiger partial charge in [-0.2, -0.15) is 0 Å². The van der Waals surface area contributed by atoms with Crippen molar-refractivity contribution in [2.24, 2.45) is 5.73 Å². The Hall–Kier alpha value is -1.75. The summed E-state index contributed by atoms with van der Waals surface area (Å²) in [6.07, 6.45) is 0. The zero-order valence-corrected chi connectivity index (χ0v) is 10.9. The van der Waals surface area contributed by atoms with E-state index < -0.39 is 0 Å². The molecule has 2 rings (SSSR count). The van der Waals surface area contributed by atoms with Crippen LogP contribution in [0.1, 0.15) is 5.56 Å². The molecule has 1 aromatic rings. The molecule has 0 amide bonds. The van der Waals surface area contributed by atoms with Gasteiger partial charge in [-0.25, -0.2) is 0 Å². The molecule has 0 radical (unpaired) electrons. The monoisotopic (exact) mass is 248 g/mol. The average Bonchev–Trinajstić information content (AvgIpc) is 2.39. The molecule has 1 heterocycles. The Morgan fingerprint density at radius 2 is 1.94 bits per heavy atom. The van der Waals surface area contributed by atoms with Gasteiger partial charge in [-0.1, -0.05) is 0 Å². The van der Waals surface area contributed by atoms with Crippen LogP contribution >= 0.6 is 0 Å². The lowest BCUT2D eigenvalue weighted by Gasteiger charge is -2.34. The first-order valence-corrected chi connectivity index (χ1v) is 6.07. The van der Waals surface area contributed by atoms with Gasteiger partial charge in [0.05, 0.1) is 12.8 Å². The van der Waals surface area contributed by atoms with Gasteiger partial charge in [-0.05, 0) is 25.2 Å². The molecule has 0 aromatic heterocycles. The summed E-state index contributed by atoms with van der Waals surface area (Å²) in [6, 6.07) is 5.69. The number of amidine groups is 1. The molecule has 0 saturated carbocycles. The molecule has 0 bridgehead atoms. The standard InChI is InChI=1S/C13H20N4O/c1-16-5-7-17(8-6-16)11-4-3-10(13(14)15)9-12(11)18-2/h3-4,9H,5-8H2,1-2H3,(H3,14,15). The lowest BCUT2D eigenvalue weighted by Crippen LogP contribution is -2.44. The van der Waals surface area contributed by atoms with Crippen LogP contribution in [0.15, 0.2) is 18.2 Å². The van der Waals surface area contributed by atoms with Crippen molar-refractivity contribution in [2.75, 3.05) is 45.2 Å². The van der Waals surface area contributed by atoms with Gasteiger partial charge < -0.3 is 20.3 Å². The number of nitrogens with zero attached hydrogens (tertiary/aromatic N) is 2. The van der Waals surface area contributed by atoms with E-state index in [0.717, 1.165) is 37.6 Å². The minimum absolute atomic E-state index is 0.0678. The molecule has 98 valence electrons. The Balaban J connectivity index is 2.24. The smallest absolute Gasteiger partial charge is 0.142 e. The number of ether oxygens (including phenoxy) is 1. The van der Waals surface area contributed by atoms with Crippen LogP contribution in [-0.4, -0.2) is 51.1 Å². The maximum atomic E-state index is 7.45. The molecule has 0 unspecified atom stereocenters. The summed E-state index contributed by atoms with van der Waals surface area (Å²) < 4.78 is 5.41. The van der Waals surface area contributed by atoms with Crippen LogP contribution in [0.25, 0.3) is 0 Å². The minimum atomic E-state index is 0.0678. The van der Waals surface area contributed by atoms with Gasteiger partial charge in [0.2, 0.25) is 0 Å². The predicted molar refractivity (Wildman–Crippen MR) is 73.7 cm³/mol. The number of hydrogen-bond acceptors (Lipinski definition) is 4. The first kappa shape index (κ1) is 12.7. The molecule has 3 N–H and O–H groups in total. The highest BCUT2D eigenvalue weighted by Gasteiger charge is 2.18. The highest BCUT2D eigenvalue weighted by Crippen LogP contribution is 2.29. The second kappa shape index (κ2) is 5.27. The number of nitrogens with one attached hydrogen (secondary N) is 1. The van der Waals surface area contributed by atoms with Crippen LogP contribution in [0.5, 0.6) is 5.75 Å². The highest BCUT2D eigenvalue weighted by atomic mass is 16.5. The van der Waals surface area contributed by atoms with Crippen molar-refractivity contribution in [2.45, 2.75) is 0 Å². The zero-order valence-electron chi connectivity index (χ0n) is 10.9. The van der Waals surface area contributed by atoms with Gasteiger partial charge in [0, 0.05) is 31.7 Å². The van der Waals surface area contributed by atoms with Crippen LogP contribution in [0.2, 0.25) is 0 Å². The summed E-state index contributed by atoms with van der Waals surface area (Å²) in [4.78, 5) is 4.62. The third kappa shape index (κ3) is 2.56. The van der Waals surface area contributed by atoms with E-state index in [0.29, 0.717) is 5.56 Å². The molecule has 0 spiro atoms. The summed E-state index contributed by atoms with van der Waals surface area (Å²) >= 11 is 0. The third-order valence-electron chi connectivity index (χ3n) is 3.33. The number of nitrogens with two attached hydrogens (primary N) is 1. The molecule has 5 heteroatoms. The maximum Gasteiger partial charge on any atom is 0.142 e. The van der Waals surface area contributed by atoms with Crippen molar-refractivity contribution in [3.8, 4) is 5.75 Å². The maximum absolute atomic E-state index is 7.45. The van der Waals surface area contributed by atoms with Crippen LogP contribution < -0.4 is 15.4 Å². The molecule has 5 nitrogen and oxygen atoms in total. The first-order chi connectivity index (χ1) is 8.61. The molecule has 1 aliphatic rings. The van der Waals surface area contributed by atoms with Gasteiger partial charge in [-0.3, -0.25) is 5.41 Å². The molecular formula is C13H20N4O. The fourth-order valence-electron chi connectivity index (χ4n) is 2.15. The van der Waals surface area contributed by atoms with E-state index in [-0.39, 0.29) is 5.84 Å². The summed E-state index contributed by atoms with van der Waals surface area (Å²) in [5.74, 6) is 0.852. The van der Waals surface area contributed by atoms with E-state index in [4.69, 9.17) is 15.9 Å². The normalized spacial score (nSPS) is 16.7. The number of rotatable bonds is 3. The third-order valence-corrected chi connectivity index (χ3v) is 3.33. The Bertz CT molecular complexity index is 439. The quantitative estimate of drug-likeness (QED) is 0.611. The molecule has 1 saturated heterocycles. The number of hydrogen-bond donors (Lipinski definition) is 2.